The van der Waals surface area contributed by atoms with Crippen LogP contribution in [0.1, 0.15) is 12.5 Å². The average Bonchev–Trinajstić information content (AvgIpc) is 2.35. The molecule has 3 heteroatoms. The molecule has 0 spiro atoms. The Bertz CT molecular complexity index is 277. The highest BCUT2D eigenvalue weighted by molar-refractivity contribution is 5.15. The lowest BCUT2D eigenvalue weighted by molar-refractivity contribution is 0.0712. The summed E-state index contributed by atoms with van der Waals surface area (Å²) in [7, 11) is 1.68. The molecule has 0 heterocycles. The second-order valence-corrected chi connectivity index (χ2v) is 4.15. The van der Waals surface area contributed by atoms with Gasteiger partial charge in [-0.15, -0.1) is 0 Å². The van der Waals surface area contributed by atoms with E-state index in [1.807, 2.05) is 6.07 Å². The average molecular weight is 237 g/mol. The Kier molecular flexibility index (Phi) is 7.63. The second-order valence-electron chi connectivity index (χ2n) is 4.15. The molecule has 0 radical (unpaired) electrons. The van der Waals surface area contributed by atoms with E-state index in [0.29, 0.717) is 19.3 Å². The smallest absolute Gasteiger partial charge is 0.0700 e. The highest BCUT2D eigenvalue weighted by Crippen LogP contribution is 2.02. The van der Waals surface area contributed by atoms with Crippen molar-refractivity contribution < 1.29 is 9.47 Å². The third-order valence-corrected chi connectivity index (χ3v) is 2.56. The van der Waals surface area contributed by atoms with Crippen LogP contribution < -0.4 is 5.32 Å². The highest BCUT2D eigenvalue weighted by atomic mass is 16.5. The Morgan fingerprint density at radius 2 is 1.88 bits per heavy atom. The molecule has 1 atom stereocenters. The van der Waals surface area contributed by atoms with E-state index in [9.17, 15) is 0 Å². The van der Waals surface area contributed by atoms with Gasteiger partial charge in [-0.05, 0) is 18.9 Å². The van der Waals surface area contributed by atoms with Gasteiger partial charge in [0.2, 0.25) is 0 Å². The quantitative estimate of drug-likeness (QED) is 0.665. The third kappa shape index (κ3) is 7.10. The van der Waals surface area contributed by atoms with Crippen LogP contribution in [-0.2, 0) is 15.9 Å². The first-order chi connectivity index (χ1) is 8.33. The van der Waals surface area contributed by atoms with Crippen molar-refractivity contribution in [1.82, 2.24) is 5.32 Å². The summed E-state index contributed by atoms with van der Waals surface area (Å²) in [4.78, 5) is 0. The minimum atomic E-state index is 0.475. The Morgan fingerprint density at radius 1 is 1.12 bits per heavy atom. The van der Waals surface area contributed by atoms with Crippen LogP contribution in [0.25, 0.3) is 0 Å². The monoisotopic (exact) mass is 237 g/mol. The van der Waals surface area contributed by atoms with Crippen LogP contribution in [0.5, 0.6) is 0 Å². The van der Waals surface area contributed by atoms with Crippen molar-refractivity contribution in [3.63, 3.8) is 0 Å². The van der Waals surface area contributed by atoms with Gasteiger partial charge in [-0.1, -0.05) is 30.3 Å². The number of benzene rings is 1. The molecule has 0 bridgehead atoms. The molecule has 1 unspecified atom stereocenters. The summed E-state index contributed by atoms with van der Waals surface area (Å²) >= 11 is 0. The highest BCUT2D eigenvalue weighted by Gasteiger charge is 2.01. The summed E-state index contributed by atoms with van der Waals surface area (Å²) in [6.07, 6.45) is 1.05. The van der Waals surface area contributed by atoms with Crippen LogP contribution in [0.2, 0.25) is 0 Å². The Morgan fingerprint density at radius 3 is 2.59 bits per heavy atom. The lowest BCUT2D eigenvalue weighted by Crippen LogP contribution is -2.31. The minimum absolute atomic E-state index is 0.475. The fourth-order valence-electron chi connectivity index (χ4n) is 1.66. The van der Waals surface area contributed by atoms with Gasteiger partial charge in [0.15, 0.2) is 0 Å². The molecule has 1 aromatic carbocycles. The van der Waals surface area contributed by atoms with Crippen molar-refractivity contribution in [1.29, 1.82) is 0 Å². The number of ether oxygens (including phenoxy) is 2. The number of hydrogen-bond donors (Lipinski definition) is 1. The molecular formula is C14H23NO2. The molecule has 17 heavy (non-hydrogen) atoms. The van der Waals surface area contributed by atoms with Crippen LogP contribution in [0, 0.1) is 0 Å². The fourth-order valence-corrected chi connectivity index (χ4v) is 1.66. The minimum Gasteiger partial charge on any atom is -0.382 e. The van der Waals surface area contributed by atoms with Crippen LogP contribution >= 0.6 is 0 Å². The lowest BCUT2D eigenvalue weighted by Gasteiger charge is -2.13. The van der Waals surface area contributed by atoms with Gasteiger partial charge in [0.25, 0.3) is 0 Å². The van der Waals surface area contributed by atoms with Crippen LogP contribution in [-0.4, -0.2) is 39.5 Å². The maximum Gasteiger partial charge on any atom is 0.0700 e. The van der Waals surface area contributed by atoms with Gasteiger partial charge in [0.05, 0.1) is 19.8 Å². The first-order valence-electron chi connectivity index (χ1n) is 6.17. The SMILES string of the molecule is COCCOCCNC(C)Cc1ccccc1. The molecule has 1 rings (SSSR count). The Hall–Kier alpha value is -0.900. The molecular weight excluding hydrogens is 214 g/mol. The first kappa shape index (κ1) is 14.2. The summed E-state index contributed by atoms with van der Waals surface area (Å²) in [5.41, 5.74) is 1.37. The van der Waals surface area contributed by atoms with Crippen molar-refractivity contribution in [2.45, 2.75) is 19.4 Å². The first-order valence-corrected chi connectivity index (χ1v) is 6.17. The van der Waals surface area contributed by atoms with Crippen molar-refractivity contribution >= 4 is 0 Å². The van der Waals surface area contributed by atoms with Crippen molar-refractivity contribution in [2.24, 2.45) is 0 Å². The van der Waals surface area contributed by atoms with Crippen molar-refractivity contribution in [3.05, 3.63) is 35.9 Å². The van der Waals surface area contributed by atoms with Gasteiger partial charge in [-0.2, -0.15) is 0 Å². The van der Waals surface area contributed by atoms with E-state index in [2.05, 4.69) is 36.5 Å². The van der Waals surface area contributed by atoms with E-state index in [1.54, 1.807) is 7.11 Å². The zero-order valence-electron chi connectivity index (χ0n) is 10.8. The predicted octanol–water partition coefficient (Wildman–Crippen LogP) is 1.87. The summed E-state index contributed by atoms with van der Waals surface area (Å²) in [6.45, 7) is 5.16. The van der Waals surface area contributed by atoms with E-state index in [-0.39, 0.29) is 0 Å². The zero-order valence-corrected chi connectivity index (χ0v) is 10.8. The maximum atomic E-state index is 5.39. The normalized spacial score (nSPS) is 12.6. The molecule has 96 valence electrons. The molecule has 0 fully saturated rings. The summed E-state index contributed by atoms with van der Waals surface area (Å²) in [5.74, 6) is 0. The summed E-state index contributed by atoms with van der Waals surface area (Å²) in [5, 5.41) is 3.44. The molecule has 0 aliphatic carbocycles. The van der Waals surface area contributed by atoms with Gasteiger partial charge in [0, 0.05) is 19.7 Å². The van der Waals surface area contributed by atoms with Crippen molar-refractivity contribution in [3.8, 4) is 0 Å². The molecule has 0 aliphatic heterocycles. The number of methoxy groups -OCH3 is 1. The molecule has 1 N–H and O–H groups in total. The summed E-state index contributed by atoms with van der Waals surface area (Å²) < 4.78 is 10.3. The topological polar surface area (TPSA) is 30.5 Å². The second kappa shape index (κ2) is 9.16. The van der Waals surface area contributed by atoms with Gasteiger partial charge in [0.1, 0.15) is 0 Å². The standard InChI is InChI=1S/C14H23NO2/c1-13(12-14-6-4-3-5-7-14)15-8-9-17-11-10-16-2/h3-7,13,15H,8-12H2,1-2H3. The maximum absolute atomic E-state index is 5.39. The Balaban J connectivity index is 2.03. The number of hydrogen-bond acceptors (Lipinski definition) is 3. The predicted molar refractivity (Wildman–Crippen MR) is 70.3 cm³/mol. The van der Waals surface area contributed by atoms with Crippen LogP contribution in [0.4, 0.5) is 0 Å². The van der Waals surface area contributed by atoms with E-state index in [1.165, 1.54) is 5.56 Å². The van der Waals surface area contributed by atoms with Crippen LogP contribution in [0.15, 0.2) is 30.3 Å². The van der Waals surface area contributed by atoms with Crippen LogP contribution in [0.3, 0.4) is 0 Å². The van der Waals surface area contributed by atoms with E-state index < -0.39 is 0 Å². The molecule has 0 saturated heterocycles. The number of rotatable bonds is 9. The van der Waals surface area contributed by atoms with Gasteiger partial charge in [-0.3, -0.25) is 0 Å². The molecule has 0 aromatic heterocycles. The molecule has 0 amide bonds. The number of nitrogens with one attached hydrogen (secondary N) is 1. The lowest BCUT2D eigenvalue weighted by atomic mass is 10.1. The van der Waals surface area contributed by atoms with E-state index in [0.717, 1.165) is 19.6 Å². The Labute approximate surface area is 104 Å². The van der Waals surface area contributed by atoms with Gasteiger partial charge >= 0.3 is 0 Å². The van der Waals surface area contributed by atoms with E-state index >= 15 is 0 Å². The largest absolute Gasteiger partial charge is 0.382 e. The summed E-state index contributed by atoms with van der Waals surface area (Å²) in [6, 6.07) is 11.0. The van der Waals surface area contributed by atoms with Crippen molar-refractivity contribution in [2.75, 3.05) is 33.5 Å². The van der Waals surface area contributed by atoms with Gasteiger partial charge < -0.3 is 14.8 Å². The molecule has 0 aliphatic rings. The molecule has 3 nitrogen and oxygen atoms in total. The molecule has 0 saturated carbocycles. The zero-order chi connectivity index (χ0) is 12.3. The third-order valence-electron chi connectivity index (χ3n) is 2.56. The molecule has 1 aromatic rings. The fraction of sp³-hybridized carbons (Fsp3) is 0.571. The van der Waals surface area contributed by atoms with E-state index in [4.69, 9.17) is 9.47 Å². The van der Waals surface area contributed by atoms with Gasteiger partial charge in [-0.25, -0.2) is 0 Å².